The van der Waals surface area contributed by atoms with Gasteiger partial charge < -0.3 is 10.4 Å². The molecular formula is C10H13NO2S. The Labute approximate surface area is 86.8 Å². The third kappa shape index (κ3) is 1.81. The molecule has 4 heteroatoms. The van der Waals surface area contributed by atoms with Crippen molar-refractivity contribution < 1.29 is 9.90 Å². The van der Waals surface area contributed by atoms with Crippen LogP contribution >= 0.6 is 11.3 Å². The summed E-state index contributed by atoms with van der Waals surface area (Å²) in [5, 5.41) is 16.0. The highest BCUT2D eigenvalue weighted by Crippen LogP contribution is 2.28. The van der Waals surface area contributed by atoms with Gasteiger partial charge in [-0.15, -0.1) is 0 Å². The summed E-state index contributed by atoms with van der Waals surface area (Å²) >= 11 is 1.47. The second kappa shape index (κ2) is 4.11. The van der Waals surface area contributed by atoms with Gasteiger partial charge in [-0.2, -0.15) is 11.3 Å². The van der Waals surface area contributed by atoms with Crippen LogP contribution in [0, 0.1) is 0 Å². The van der Waals surface area contributed by atoms with E-state index in [1.807, 2.05) is 5.38 Å². The smallest absolute Gasteiger partial charge is 0.336 e. The monoisotopic (exact) mass is 211 g/mol. The van der Waals surface area contributed by atoms with Crippen LogP contribution in [-0.2, 0) is 0 Å². The van der Waals surface area contributed by atoms with Crippen LogP contribution in [0.1, 0.15) is 41.2 Å². The Bertz CT molecular complexity index is 329. The first-order valence-electron chi connectivity index (χ1n) is 4.82. The second-order valence-corrected chi connectivity index (χ2v) is 4.29. The number of hydrogen-bond donors (Lipinski definition) is 2. The van der Waals surface area contributed by atoms with Crippen molar-refractivity contribution in [1.82, 2.24) is 5.32 Å². The minimum atomic E-state index is -0.811. The van der Waals surface area contributed by atoms with Crippen molar-refractivity contribution in [2.45, 2.75) is 25.3 Å². The van der Waals surface area contributed by atoms with Gasteiger partial charge >= 0.3 is 5.97 Å². The molecule has 0 saturated carbocycles. The molecule has 1 atom stereocenters. The molecule has 0 aliphatic carbocycles. The van der Waals surface area contributed by atoms with Crippen LogP contribution in [0.3, 0.4) is 0 Å². The number of rotatable bonds is 2. The topological polar surface area (TPSA) is 49.3 Å². The molecule has 1 aromatic heterocycles. The van der Waals surface area contributed by atoms with Crippen molar-refractivity contribution in [3.63, 3.8) is 0 Å². The maximum atomic E-state index is 10.9. The Morgan fingerprint density at radius 2 is 2.36 bits per heavy atom. The zero-order valence-corrected chi connectivity index (χ0v) is 8.64. The first-order valence-corrected chi connectivity index (χ1v) is 5.76. The fourth-order valence-electron chi connectivity index (χ4n) is 1.87. The highest BCUT2D eigenvalue weighted by atomic mass is 32.1. The summed E-state index contributed by atoms with van der Waals surface area (Å²) < 4.78 is 0. The molecule has 2 heterocycles. The predicted molar refractivity (Wildman–Crippen MR) is 55.9 cm³/mol. The van der Waals surface area contributed by atoms with E-state index in [1.165, 1.54) is 24.2 Å². The molecule has 1 aromatic rings. The highest BCUT2D eigenvalue weighted by Gasteiger charge is 2.21. The van der Waals surface area contributed by atoms with Crippen LogP contribution < -0.4 is 5.32 Å². The van der Waals surface area contributed by atoms with E-state index in [-0.39, 0.29) is 6.04 Å². The molecule has 0 spiro atoms. The minimum absolute atomic E-state index is 0.251. The molecule has 76 valence electrons. The van der Waals surface area contributed by atoms with Gasteiger partial charge in [0.15, 0.2) is 0 Å². The Balaban J connectivity index is 2.21. The molecule has 14 heavy (non-hydrogen) atoms. The summed E-state index contributed by atoms with van der Waals surface area (Å²) in [4.78, 5) is 10.9. The Hall–Kier alpha value is -0.870. The molecule has 2 rings (SSSR count). The molecule has 1 unspecified atom stereocenters. The lowest BCUT2D eigenvalue weighted by atomic mass is 9.97. The lowest BCUT2D eigenvalue weighted by molar-refractivity contribution is 0.0695. The molecule has 0 aromatic carbocycles. The fourth-order valence-corrected chi connectivity index (χ4v) is 2.75. The van der Waals surface area contributed by atoms with E-state index in [9.17, 15) is 4.79 Å². The molecular weight excluding hydrogens is 198 g/mol. The molecule has 1 aliphatic rings. The van der Waals surface area contributed by atoms with Gasteiger partial charge in [-0.25, -0.2) is 4.79 Å². The molecule has 1 fully saturated rings. The Morgan fingerprint density at radius 3 is 3.00 bits per heavy atom. The predicted octanol–water partition coefficient (Wildman–Crippen LogP) is 2.26. The van der Waals surface area contributed by atoms with Gasteiger partial charge in [0.1, 0.15) is 0 Å². The summed E-state index contributed by atoms with van der Waals surface area (Å²) in [6.07, 6.45) is 3.44. The van der Waals surface area contributed by atoms with Gasteiger partial charge in [0, 0.05) is 11.4 Å². The van der Waals surface area contributed by atoms with Crippen molar-refractivity contribution in [3.8, 4) is 0 Å². The molecule has 0 radical (unpaired) electrons. The number of aromatic carboxylic acids is 1. The van der Waals surface area contributed by atoms with Gasteiger partial charge in [0.2, 0.25) is 0 Å². The number of hydrogen-bond acceptors (Lipinski definition) is 3. The van der Waals surface area contributed by atoms with Crippen LogP contribution in [0.4, 0.5) is 0 Å². The number of carbonyl (C=O) groups is 1. The molecule has 1 aliphatic heterocycles. The SMILES string of the molecule is O=C(O)c1cscc1C1CCCCN1. The number of carboxylic acid groups (broad SMARTS) is 1. The van der Waals surface area contributed by atoms with E-state index in [1.54, 1.807) is 5.38 Å². The number of carboxylic acids is 1. The van der Waals surface area contributed by atoms with Crippen molar-refractivity contribution in [2.24, 2.45) is 0 Å². The van der Waals surface area contributed by atoms with Crippen LogP contribution in [0.5, 0.6) is 0 Å². The largest absolute Gasteiger partial charge is 0.478 e. The van der Waals surface area contributed by atoms with E-state index >= 15 is 0 Å². The van der Waals surface area contributed by atoms with E-state index in [0.29, 0.717) is 5.56 Å². The standard InChI is InChI=1S/C10H13NO2S/c12-10(13)8-6-14-5-7(8)9-3-1-2-4-11-9/h5-6,9,11H,1-4H2,(H,12,13). The first-order chi connectivity index (χ1) is 6.79. The van der Waals surface area contributed by atoms with Crippen molar-refractivity contribution in [3.05, 3.63) is 21.9 Å². The second-order valence-electron chi connectivity index (χ2n) is 3.55. The van der Waals surface area contributed by atoms with Gasteiger partial charge in [0.25, 0.3) is 0 Å². The van der Waals surface area contributed by atoms with E-state index in [2.05, 4.69) is 5.32 Å². The lowest BCUT2D eigenvalue weighted by Gasteiger charge is -2.23. The van der Waals surface area contributed by atoms with Gasteiger partial charge in [-0.1, -0.05) is 6.42 Å². The zero-order chi connectivity index (χ0) is 9.97. The molecule has 3 nitrogen and oxygen atoms in total. The van der Waals surface area contributed by atoms with Crippen LogP contribution in [0.15, 0.2) is 10.8 Å². The number of nitrogens with one attached hydrogen (secondary N) is 1. The van der Waals surface area contributed by atoms with Crippen LogP contribution in [-0.4, -0.2) is 17.6 Å². The van der Waals surface area contributed by atoms with Gasteiger partial charge in [-0.05, 0) is 30.3 Å². The minimum Gasteiger partial charge on any atom is -0.478 e. The Kier molecular flexibility index (Phi) is 2.84. The molecule has 0 amide bonds. The van der Waals surface area contributed by atoms with Crippen molar-refractivity contribution in [2.75, 3.05) is 6.54 Å². The van der Waals surface area contributed by atoms with Gasteiger partial charge in [-0.3, -0.25) is 0 Å². The summed E-state index contributed by atoms with van der Waals surface area (Å²) in [7, 11) is 0. The summed E-state index contributed by atoms with van der Waals surface area (Å²) in [6, 6.07) is 0.251. The number of thiophene rings is 1. The van der Waals surface area contributed by atoms with Crippen LogP contribution in [0.2, 0.25) is 0 Å². The normalized spacial score (nSPS) is 22.1. The third-order valence-electron chi connectivity index (χ3n) is 2.61. The van der Waals surface area contributed by atoms with Crippen molar-refractivity contribution in [1.29, 1.82) is 0 Å². The average molecular weight is 211 g/mol. The summed E-state index contributed by atoms with van der Waals surface area (Å²) in [5.74, 6) is -0.811. The first kappa shape index (κ1) is 9.68. The Morgan fingerprint density at radius 1 is 1.50 bits per heavy atom. The third-order valence-corrected chi connectivity index (χ3v) is 3.37. The van der Waals surface area contributed by atoms with E-state index in [4.69, 9.17) is 5.11 Å². The highest BCUT2D eigenvalue weighted by molar-refractivity contribution is 7.08. The molecule has 1 saturated heterocycles. The van der Waals surface area contributed by atoms with E-state index in [0.717, 1.165) is 18.5 Å². The molecule has 0 bridgehead atoms. The maximum absolute atomic E-state index is 10.9. The van der Waals surface area contributed by atoms with Gasteiger partial charge in [0.05, 0.1) is 5.56 Å². The quantitative estimate of drug-likeness (QED) is 0.789. The van der Waals surface area contributed by atoms with Crippen molar-refractivity contribution >= 4 is 17.3 Å². The summed E-state index contributed by atoms with van der Waals surface area (Å²) in [5.41, 5.74) is 1.43. The molecule has 2 N–H and O–H groups in total. The fraction of sp³-hybridized carbons (Fsp3) is 0.500. The van der Waals surface area contributed by atoms with Crippen LogP contribution in [0.25, 0.3) is 0 Å². The summed E-state index contributed by atoms with van der Waals surface area (Å²) in [6.45, 7) is 1.000. The van der Waals surface area contributed by atoms with E-state index < -0.39 is 5.97 Å². The number of piperidine rings is 1. The zero-order valence-electron chi connectivity index (χ0n) is 7.82. The average Bonchev–Trinajstić information content (AvgIpc) is 2.67. The maximum Gasteiger partial charge on any atom is 0.336 e. The lowest BCUT2D eigenvalue weighted by Crippen LogP contribution is -2.27.